The summed E-state index contributed by atoms with van der Waals surface area (Å²) >= 11 is 12.5. The normalized spacial score (nSPS) is 11.9. The number of aromatic hydroxyl groups is 1. The molecule has 23 heteroatoms. The van der Waals surface area contributed by atoms with E-state index in [4.69, 9.17) is 32.7 Å². The summed E-state index contributed by atoms with van der Waals surface area (Å²) < 4.78 is 77.1. The van der Waals surface area contributed by atoms with Crippen LogP contribution in [0.15, 0.2) is 169 Å². The van der Waals surface area contributed by atoms with Crippen LogP contribution in [-0.4, -0.2) is 94.8 Å². The van der Waals surface area contributed by atoms with E-state index in [9.17, 15) is 46.1 Å². The van der Waals surface area contributed by atoms with Gasteiger partial charge in [-0.1, -0.05) is 114 Å². The number of hydrogen-bond acceptors (Lipinski definition) is 15. The monoisotopic (exact) mass is 1090 g/mol. The van der Waals surface area contributed by atoms with E-state index >= 15 is 0 Å². The molecule has 73 heavy (non-hydrogen) atoms. The molecule has 4 N–H and O–H groups in total. The number of aryl methyl sites for hydroxylation is 2. The fourth-order valence-corrected chi connectivity index (χ4v) is 8.86. The molecule has 0 unspecified atom stereocenters. The number of amides is 1. The number of para-hydroxylation sites is 4. The van der Waals surface area contributed by atoms with Crippen LogP contribution in [0.5, 0.6) is 23.0 Å². The Morgan fingerprint density at radius 3 is 1.58 bits per heavy atom. The first kappa shape index (κ1) is 55.6. The molecule has 368 valence electrons. The molecule has 0 radical (unpaired) electrons. The van der Waals surface area contributed by atoms with Crippen molar-refractivity contribution in [3.63, 3.8) is 0 Å². The van der Waals surface area contributed by atoms with Gasteiger partial charge in [0.1, 0.15) is 44.0 Å². The first-order chi connectivity index (χ1) is 34.2. The Morgan fingerprint density at radius 1 is 0.603 bits per heavy atom. The van der Waals surface area contributed by atoms with Gasteiger partial charge >= 0.3 is 37.7 Å². The molecule has 0 fully saturated rings. The van der Waals surface area contributed by atoms with Gasteiger partial charge in [-0.3, -0.25) is 18.9 Å². The number of carbonyl (C=O) groups excluding carboxylic acids is 1. The second kappa shape index (κ2) is 23.4. The molecule has 8 aromatic rings. The first-order valence-corrected chi connectivity index (χ1v) is 24.5. The van der Waals surface area contributed by atoms with Crippen molar-refractivity contribution in [2.75, 3.05) is 19.5 Å². The topological polar surface area (TPSA) is 284 Å². The number of anilines is 1. The quantitative estimate of drug-likeness (QED) is 0.0292. The van der Waals surface area contributed by atoms with Gasteiger partial charge in [-0.15, -0.1) is 15.3 Å². The molecule has 18 nitrogen and oxygen atoms in total. The third kappa shape index (κ3) is 12.4. The first-order valence-electron chi connectivity index (χ1n) is 20.9. The van der Waals surface area contributed by atoms with E-state index in [-0.39, 0.29) is 87.3 Å². The second-order valence-corrected chi connectivity index (χ2v) is 18.9. The number of nitrogens with zero attached hydrogens (tertiary/aromatic N) is 5. The van der Waals surface area contributed by atoms with E-state index in [0.717, 1.165) is 12.1 Å². The fraction of sp³-hybridized carbons (Fsp3) is 0.0800. The number of benzene rings is 8. The van der Waals surface area contributed by atoms with Crippen LogP contribution >= 0.6 is 23.2 Å². The number of nitrogens with one attached hydrogen (secondary N) is 1. The second-order valence-electron chi connectivity index (χ2n) is 15.3. The molecule has 8 rings (SSSR count). The molecule has 0 saturated carbocycles. The smallest absolute Gasteiger partial charge is 0.871 e. The van der Waals surface area contributed by atoms with Crippen molar-refractivity contribution in [3.8, 4) is 23.0 Å². The van der Waals surface area contributed by atoms with Crippen LogP contribution in [0.25, 0.3) is 21.5 Å². The Morgan fingerprint density at radius 2 is 1.04 bits per heavy atom. The Balaban J connectivity index is 0.000000235. The minimum atomic E-state index is -4.69. The van der Waals surface area contributed by atoms with Gasteiger partial charge in [-0.25, -0.2) is 0 Å². The van der Waals surface area contributed by atoms with Crippen LogP contribution in [0.2, 0.25) is 10.0 Å². The largest absolute Gasteiger partial charge is 2.00 e. The average molecular weight is 1090 g/mol. The van der Waals surface area contributed by atoms with Crippen LogP contribution in [-0.2, 0) is 20.2 Å². The van der Waals surface area contributed by atoms with Crippen LogP contribution in [0, 0.1) is 13.8 Å². The summed E-state index contributed by atoms with van der Waals surface area (Å²) in [5.74, 6) is -1.92. The van der Waals surface area contributed by atoms with Gasteiger partial charge in [0.15, 0.2) is 5.75 Å². The zero-order chi connectivity index (χ0) is 52.1. The fourth-order valence-electron chi connectivity index (χ4n) is 7.09. The summed E-state index contributed by atoms with van der Waals surface area (Å²) in [6.45, 7) is 3.24. The summed E-state index contributed by atoms with van der Waals surface area (Å²) in [6.07, 6.45) is 0. The summed E-state index contributed by atoms with van der Waals surface area (Å²) in [6, 6.07) is 34.9. The number of azo groups is 2. The number of phenolic OH excluding ortho intramolecular Hbond substituents is 1. The number of ether oxygens (including phenoxy) is 2. The SMILES string of the molecule is COc1ccccc1N=C([O-])c1cc2ccccc2c(N=Nc2c(S(=O)(=O)O)ccc(C)c2Cl)c1[O-].COc1ccccc1NC(=O)c1cc2ccccc2c(N=Nc2c(S(=O)(=O)O)ccc(C)c2Cl)c1O.[Ca+2]. The Bertz CT molecular complexity index is 3790. The van der Waals surface area contributed by atoms with Gasteiger partial charge in [0, 0.05) is 10.8 Å². The van der Waals surface area contributed by atoms with E-state index in [1.165, 1.54) is 38.5 Å². The molecule has 8 aromatic carbocycles. The molecular formula is C50H38CaCl2N6O12S2. The predicted octanol–water partition coefficient (Wildman–Crippen LogP) is 11.0. The van der Waals surface area contributed by atoms with Crippen LogP contribution < -0.4 is 25.0 Å². The molecule has 0 bridgehead atoms. The van der Waals surface area contributed by atoms with Crippen LogP contribution in [0.3, 0.4) is 0 Å². The summed E-state index contributed by atoms with van der Waals surface area (Å²) in [4.78, 5) is 16.0. The van der Waals surface area contributed by atoms with E-state index in [1.807, 2.05) is 0 Å². The van der Waals surface area contributed by atoms with Crippen molar-refractivity contribution < 1.29 is 55.5 Å². The molecule has 0 atom stereocenters. The molecule has 1 amide bonds. The van der Waals surface area contributed by atoms with Crippen molar-refractivity contribution in [1.29, 1.82) is 0 Å². The molecule has 0 aromatic heterocycles. The third-order valence-electron chi connectivity index (χ3n) is 10.7. The number of methoxy groups -OCH3 is 2. The molecule has 0 aliphatic heterocycles. The molecule has 0 aliphatic rings. The van der Waals surface area contributed by atoms with Gasteiger partial charge < -0.3 is 30.1 Å². The van der Waals surface area contributed by atoms with E-state index in [0.29, 0.717) is 49.9 Å². The van der Waals surface area contributed by atoms with E-state index in [2.05, 4.69) is 30.8 Å². The number of phenols is 1. The Labute approximate surface area is 457 Å². The predicted molar refractivity (Wildman–Crippen MR) is 275 cm³/mol. The van der Waals surface area contributed by atoms with Crippen molar-refractivity contribution >= 4 is 149 Å². The van der Waals surface area contributed by atoms with Crippen LogP contribution in [0.1, 0.15) is 27.0 Å². The standard InChI is InChI=1S/2C25H20ClN3O6S.Ca/c2*1-14-11-12-20(36(32,33)34)23(21(14)26)29-28-22-16-8-4-3-7-15(16)13-17(24(22)30)25(31)27-18-9-5-6-10-19(18)35-2;/h2*3-13,30H,1-2H3,(H,27,31)(H,32,33,34);/q;;+2/p-2. The summed E-state index contributed by atoms with van der Waals surface area (Å²) in [7, 11) is -6.46. The van der Waals surface area contributed by atoms with E-state index in [1.54, 1.807) is 111 Å². The zero-order valence-electron chi connectivity index (χ0n) is 38.7. The maximum Gasteiger partial charge on any atom is 2.00 e. The number of halogens is 2. The van der Waals surface area contributed by atoms with Gasteiger partial charge in [0.25, 0.3) is 26.1 Å². The minimum Gasteiger partial charge on any atom is -0.871 e. The number of fused-ring (bicyclic) bond motifs is 2. The van der Waals surface area contributed by atoms with Crippen LogP contribution in [0.4, 0.5) is 34.1 Å². The number of rotatable bonds is 12. The van der Waals surface area contributed by atoms with Crippen molar-refractivity contribution in [1.82, 2.24) is 0 Å². The third-order valence-corrected chi connectivity index (χ3v) is 13.4. The molecule has 0 spiro atoms. The maximum atomic E-state index is 13.4. The van der Waals surface area contributed by atoms with Gasteiger partial charge in [0.2, 0.25) is 0 Å². The molecular weight excluding hydrogens is 1050 g/mol. The average Bonchev–Trinajstić information content (AvgIpc) is 3.35. The van der Waals surface area contributed by atoms with Crippen molar-refractivity contribution in [3.05, 3.63) is 166 Å². The number of aliphatic imine (C=N–C) groups is 1. The molecule has 0 aliphatic carbocycles. The van der Waals surface area contributed by atoms with E-state index < -0.39 is 53.3 Å². The van der Waals surface area contributed by atoms with Gasteiger partial charge in [-0.2, -0.15) is 21.9 Å². The van der Waals surface area contributed by atoms with Crippen molar-refractivity contribution in [2.45, 2.75) is 23.6 Å². The zero-order valence-corrected chi connectivity index (χ0v) is 44.1. The van der Waals surface area contributed by atoms with Gasteiger partial charge in [-0.05, 0) is 95.7 Å². The summed E-state index contributed by atoms with van der Waals surface area (Å²) in [5.41, 5.74) is 0.307. The van der Waals surface area contributed by atoms with Gasteiger partial charge in [0.05, 0.1) is 41.2 Å². The molecule has 0 saturated heterocycles. The summed E-state index contributed by atoms with van der Waals surface area (Å²) in [5, 5.41) is 57.9. The Hall–Kier alpha value is -6.72. The molecule has 0 heterocycles. The maximum absolute atomic E-state index is 13.4. The number of carbonyl (C=O) groups is 1. The Kier molecular flexibility index (Phi) is 17.8. The minimum absolute atomic E-state index is 0. The number of hydrogen-bond donors (Lipinski definition) is 4. The van der Waals surface area contributed by atoms with Crippen molar-refractivity contribution in [2.24, 2.45) is 25.4 Å².